The summed E-state index contributed by atoms with van der Waals surface area (Å²) in [6.07, 6.45) is 4.06. The van der Waals surface area contributed by atoms with E-state index in [4.69, 9.17) is 9.47 Å². The first-order valence-corrected chi connectivity index (χ1v) is 9.42. The molecule has 140 valence electrons. The molecule has 1 amide bonds. The van der Waals surface area contributed by atoms with Crippen molar-refractivity contribution in [2.24, 2.45) is 0 Å². The number of hydrogen-bond acceptors (Lipinski definition) is 5. The van der Waals surface area contributed by atoms with Crippen LogP contribution in [-0.2, 0) is 16.0 Å². The molecule has 7 heteroatoms. The summed E-state index contributed by atoms with van der Waals surface area (Å²) in [5, 5.41) is 4.46. The number of nitrogens with zero attached hydrogens (tertiary/aromatic N) is 4. The van der Waals surface area contributed by atoms with Crippen LogP contribution in [0, 0.1) is 6.92 Å². The molecule has 2 fully saturated rings. The molecule has 25 heavy (non-hydrogen) atoms. The first-order valence-electron chi connectivity index (χ1n) is 9.42. The van der Waals surface area contributed by atoms with Crippen LogP contribution >= 0.6 is 0 Å². The van der Waals surface area contributed by atoms with Crippen molar-refractivity contribution in [1.29, 1.82) is 0 Å². The van der Waals surface area contributed by atoms with Gasteiger partial charge in [0.15, 0.2) is 0 Å². The van der Waals surface area contributed by atoms with E-state index in [1.165, 1.54) is 0 Å². The molecule has 1 aromatic rings. The van der Waals surface area contributed by atoms with Crippen molar-refractivity contribution in [1.82, 2.24) is 19.6 Å². The first-order chi connectivity index (χ1) is 12.2. The zero-order valence-corrected chi connectivity index (χ0v) is 15.4. The highest BCUT2D eigenvalue weighted by Crippen LogP contribution is 2.14. The van der Waals surface area contributed by atoms with Gasteiger partial charge in [0.2, 0.25) is 0 Å². The number of hydrogen-bond donors (Lipinski definition) is 0. The van der Waals surface area contributed by atoms with Gasteiger partial charge in [0.1, 0.15) is 0 Å². The van der Waals surface area contributed by atoms with E-state index in [0.29, 0.717) is 19.8 Å². The second kappa shape index (κ2) is 8.78. The van der Waals surface area contributed by atoms with Crippen LogP contribution in [0.15, 0.2) is 6.20 Å². The number of ether oxygens (including phenoxy) is 2. The Balaban J connectivity index is 1.55. The maximum Gasteiger partial charge on any atom is 0.257 e. The number of carbonyl (C=O) groups is 1. The van der Waals surface area contributed by atoms with E-state index < -0.39 is 0 Å². The van der Waals surface area contributed by atoms with Crippen LogP contribution in [0.1, 0.15) is 35.8 Å². The van der Waals surface area contributed by atoms with E-state index in [-0.39, 0.29) is 12.0 Å². The Labute approximate surface area is 149 Å². The third-order valence-corrected chi connectivity index (χ3v) is 4.85. The van der Waals surface area contributed by atoms with Crippen LogP contribution in [0.2, 0.25) is 0 Å². The highest BCUT2D eigenvalue weighted by molar-refractivity contribution is 5.95. The van der Waals surface area contributed by atoms with Gasteiger partial charge >= 0.3 is 0 Å². The summed E-state index contributed by atoms with van der Waals surface area (Å²) in [7, 11) is 0. The van der Waals surface area contributed by atoms with Crippen molar-refractivity contribution < 1.29 is 14.3 Å². The zero-order valence-electron chi connectivity index (χ0n) is 15.4. The molecule has 0 N–H and O–H groups in total. The van der Waals surface area contributed by atoms with Crippen molar-refractivity contribution in [3.05, 3.63) is 17.5 Å². The minimum Gasteiger partial charge on any atom is -0.376 e. The number of aryl methyl sites for hydroxylation is 2. The standard InChI is InChI=1S/C18H30N4O3/c1-3-5-22-13-17(15(2)19-22)18(23)21-7-4-6-20(8-9-21)12-16-14-24-10-11-25-16/h13,16H,3-12,14H2,1-2H3. The molecule has 2 aliphatic rings. The van der Waals surface area contributed by atoms with Gasteiger partial charge in [-0.25, -0.2) is 0 Å². The molecule has 0 bridgehead atoms. The van der Waals surface area contributed by atoms with Crippen LogP contribution < -0.4 is 0 Å². The molecule has 1 atom stereocenters. The molecule has 0 aromatic carbocycles. The minimum atomic E-state index is 0.110. The monoisotopic (exact) mass is 350 g/mol. The lowest BCUT2D eigenvalue weighted by molar-refractivity contribution is -0.0971. The summed E-state index contributed by atoms with van der Waals surface area (Å²) in [6, 6.07) is 0. The SMILES string of the molecule is CCCn1cc(C(=O)N2CCCN(CC3COCCO3)CC2)c(C)n1. The predicted molar refractivity (Wildman–Crippen MR) is 94.8 cm³/mol. The fraction of sp³-hybridized carbons (Fsp3) is 0.778. The Morgan fingerprint density at radius 1 is 1.28 bits per heavy atom. The number of rotatable bonds is 5. The van der Waals surface area contributed by atoms with Crippen LogP contribution in [0.4, 0.5) is 0 Å². The molecule has 0 radical (unpaired) electrons. The molecular formula is C18H30N4O3. The first kappa shape index (κ1) is 18.4. The fourth-order valence-corrected chi connectivity index (χ4v) is 3.53. The average Bonchev–Trinajstić information content (AvgIpc) is 2.83. The minimum absolute atomic E-state index is 0.110. The lowest BCUT2D eigenvalue weighted by Gasteiger charge is -2.29. The van der Waals surface area contributed by atoms with Crippen LogP contribution in [0.25, 0.3) is 0 Å². The van der Waals surface area contributed by atoms with Crippen LogP contribution in [0.5, 0.6) is 0 Å². The molecule has 2 aliphatic heterocycles. The molecule has 1 unspecified atom stereocenters. The highest BCUT2D eigenvalue weighted by Gasteiger charge is 2.25. The second-order valence-corrected chi connectivity index (χ2v) is 6.91. The number of aromatic nitrogens is 2. The summed E-state index contributed by atoms with van der Waals surface area (Å²) >= 11 is 0. The molecule has 3 rings (SSSR count). The second-order valence-electron chi connectivity index (χ2n) is 6.91. The van der Waals surface area contributed by atoms with Gasteiger partial charge < -0.3 is 14.4 Å². The molecule has 3 heterocycles. The van der Waals surface area contributed by atoms with Gasteiger partial charge in [0, 0.05) is 38.9 Å². The van der Waals surface area contributed by atoms with Crippen LogP contribution in [0.3, 0.4) is 0 Å². The van der Waals surface area contributed by atoms with Crippen molar-refractivity contribution in [2.45, 2.75) is 39.3 Å². The normalized spacial score (nSPS) is 22.8. The predicted octanol–water partition coefficient (Wildman–Crippen LogP) is 1.16. The number of amides is 1. The van der Waals surface area contributed by atoms with Gasteiger partial charge in [0.05, 0.1) is 37.2 Å². The Kier molecular flexibility index (Phi) is 6.45. The molecule has 0 saturated carbocycles. The summed E-state index contributed by atoms with van der Waals surface area (Å²) in [6.45, 7) is 11.3. The van der Waals surface area contributed by atoms with E-state index in [9.17, 15) is 4.79 Å². The van der Waals surface area contributed by atoms with Gasteiger partial charge in [0.25, 0.3) is 5.91 Å². The van der Waals surface area contributed by atoms with Crippen molar-refractivity contribution in [2.75, 3.05) is 52.5 Å². The van der Waals surface area contributed by atoms with E-state index in [2.05, 4.69) is 16.9 Å². The van der Waals surface area contributed by atoms with Gasteiger partial charge in [-0.1, -0.05) is 6.92 Å². The molecule has 0 aliphatic carbocycles. The summed E-state index contributed by atoms with van der Waals surface area (Å²) in [5.74, 6) is 0.110. The summed E-state index contributed by atoms with van der Waals surface area (Å²) < 4.78 is 13.1. The van der Waals surface area contributed by atoms with Gasteiger partial charge in [-0.2, -0.15) is 5.10 Å². The Bertz CT molecular complexity index is 569. The maximum atomic E-state index is 12.9. The van der Waals surface area contributed by atoms with Gasteiger partial charge in [-0.15, -0.1) is 0 Å². The van der Waals surface area contributed by atoms with Gasteiger partial charge in [-0.3, -0.25) is 14.4 Å². The Morgan fingerprint density at radius 2 is 2.16 bits per heavy atom. The lowest BCUT2D eigenvalue weighted by atomic mass is 10.2. The van der Waals surface area contributed by atoms with E-state index in [0.717, 1.165) is 63.4 Å². The number of carbonyl (C=O) groups excluding carboxylic acids is 1. The largest absolute Gasteiger partial charge is 0.376 e. The molecule has 2 saturated heterocycles. The molecular weight excluding hydrogens is 320 g/mol. The van der Waals surface area contributed by atoms with E-state index in [1.807, 2.05) is 22.7 Å². The quantitative estimate of drug-likeness (QED) is 0.798. The van der Waals surface area contributed by atoms with Crippen LogP contribution in [-0.4, -0.2) is 84.1 Å². The third kappa shape index (κ3) is 4.80. The fourth-order valence-electron chi connectivity index (χ4n) is 3.53. The van der Waals surface area contributed by atoms with Crippen molar-refractivity contribution in [3.63, 3.8) is 0 Å². The smallest absolute Gasteiger partial charge is 0.257 e. The highest BCUT2D eigenvalue weighted by atomic mass is 16.6. The zero-order chi connectivity index (χ0) is 17.6. The lowest BCUT2D eigenvalue weighted by Crippen LogP contribution is -2.42. The van der Waals surface area contributed by atoms with Crippen molar-refractivity contribution in [3.8, 4) is 0 Å². The van der Waals surface area contributed by atoms with E-state index >= 15 is 0 Å². The summed E-state index contributed by atoms with van der Waals surface area (Å²) in [5.41, 5.74) is 1.57. The van der Waals surface area contributed by atoms with Gasteiger partial charge in [-0.05, 0) is 26.3 Å². The topological polar surface area (TPSA) is 59.8 Å². The van der Waals surface area contributed by atoms with E-state index in [1.54, 1.807) is 0 Å². The molecule has 0 spiro atoms. The molecule has 7 nitrogen and oxygen atoms in total. The Morgan fingerprint density at radius 3 is 2.92 bits per heavy atom. The molecule has 1 aromatic heterocycles. The van der Waals surface area contributed by atoms with Crippen molar-refractivity contribution >= 4 is 5.91 Å². The summed E-state index contributed by atoms with van der Waals surface area (Å²) in [4.78, 5) is 17.3. The Hall–Kier alpha value is -1.44. The third-order valence-electron chi connectivity index (χ3n) is 4.85. The average molecular weight is 350 g/mol. The maximum absolute atomic E-state index is 12.9.